The molecule has 0 aliphatic rings. The maximum atomic E-state index is 13.3. The van der Waals surface area contributed by atoms with E-state index in [4.69, 9.17) is 11.5 Å². The topological polar surface area (TPSA) is 72.3 Å². The van der Waals surface area contributed by atoms with Crippen molar-refractivity contribution in [1.82, 2.24) is 0 Å². The standard InChI is InChI=1S/C10H14FN3O/c1-14(6-10(13)15)9-4-2-3-8(11)7(9)5-12/h2-4H,5-6,12H2,1H3,(H2,13,15). The lowest BCUT2D eigenvalue weighted by molar-refractivity contribution is -0.116. The number of nitrogens with zero attached hydrogens (tertiary/aromatic N) is 1. The fourth-order valence-corrected chi connectivity index (χ4v) is 1.43. The Morgan fingerprint density at radius 2 is 2.20 bits per heavy atom. The lowest BCUT2D eigenvalue weighted by atomic mass is 10.1. The monoisotopic (exact) mass is 211 g/mol. The van der Waals surface area contributed by atoms with Crippen molar-refractivity contribution < 1.29 is 9.18 Å². The van der Waals surface area contributed by atoms with Crippen LogP contribution in [0.3, 0.4) is 0 Å². The maximum absolute atomic E-state index is 13.3. The fraction of sp³-hybridized carbons (Fsp3) is 0.300. The van der Waals surface area contributed by atoms with Gasteiger partial charge in [-0.15, -0.1) is 0 Å². The Morgan fingerprint density at radius 3 is 2.73 bits per heavy atom. The molecule has 0 saturated heterocycles. The molecule has 1 aromatic rings. The van der Waals surface area contributed by atoms with Crippen LogP contribution in [0.15, 0.2) is 18.2 Å². The Hall–Kier alpha value is -1.62. The number of halogens is 1. The molecule has 0 spiro atoms. The van der Waals surface area contributed by atoms with Crippen molar-refractivity contribution >= 4 is 11.6 Å². The molecule has 1 aromatic carbocycles. The molecule has 0 heterocycles. The Morgan fingerprint density at radius 1 is 1.53 bits per heavy atom. The van der Waals surface area contributed by atoms with Crippen molar-refractivity contribution in [3.63, 3.8) is 0 Å². The summed E-state index contributed by atoms with van der Waals surface area (Å²) in [4.78, 5) is 12.3. The first-order valence-corrected chi connectivity index (χ1v) is 4.53. The summed E-state index contributed by atoms with van der Waals surface area (Å²) in [5.74, 6) is -0.837. The third kappa shape index (κ3) is 2.66. The molecule has 82 valence electrons. The van der Waals surface area contributed by atoms with Crippen LogP contribution in [-0.2, 0) is 11.3 Å². The van der Waals surface area contributed by atoms with E-state index in [0.717, 1.165) is 0 Å². The van der Waals surface area contributed by atoms with Crippen LogP contribution in [0.25, 0.3) is 0 Å². The number of amides is 1. The van der Waals surface area contributed by atoms with Crippen LogP contribution < -0.4 is 16.4 Å². The summed E-state index contributed by atoms with van der Waals surface area (Å²) < 4.78 is 13.3. The zero-order chi connectivity index (χ0) is 11.4. The fourth-order valence-electron chi connectivity index (χ4n) is 1.43. The summed E-state index contributed by atoms with van der Waals surface area (Å²) in [5.41, 5.74) is 11.5. The third-order valence-electron chi connectivity index (χ3n) is 2.10. The molecule has 0 aliphatic carbocycles. The molecule has 15 heavy (non-hydrogen) atoms. The van der Waals surface area contributed by atoms with Gasteiger partial charge in [0.15, 0.2) is 0 Å². The van der Waals surface area contributed by atoms with Gasteiger partial charge in [0.1, 0.15) is 5.82 Å². The molecule has 0 fully saturated rings. The number of hydrogen-bond donors (Lipinski definition) is 2. The molecule has 5 heteroatoms. The van der Waals surface area contributed by atoms with Gasteiger partial charge in [-0.05, 0) is 12.1 Å². The minimum Gasteiger partial charge on any atom is -0.368 e. The molecule has 0 atom stereocenters. The molecule has 0 aliphatic heterocycles. The van der Waals surface area contributed by atoms with E-state index in [1.54, 1.807) is 24.1 Å². The normalized spacial score (nSPS) is 10.1. The highest BCUT2D eigenvalue weighted by molar-refractivity contribution is 5.79. The van der Waals surface area contributed by atoms with Crippen LogP contribution in [0.4, 0.5) is 10.1 Å². The van der Waals surface area contributed by atoms with Gasteiger partial charge < -0.3 is 16.4 Å². The van der Waals surface area contributed by atoms with Gasteiger partial charge in [0, 0.05) is 24.8 Å². The van der Waals surface area contributed by atoms with Crippen LogP contribution in [0, 0.1) is 5.82 Å². The van der Waals surface area contributed by atoms with Crippen LogP contribution in [-0.4, -0.2) is 19.5 Å². The zero-order valence-electron chi connectivity index (χ0n) is 8.53. The Kier molecular flexibility index (Phi) is 3.62. The van der Waals surface area contributed by atoms with Crippen molar-refractivity contribution in [3.05, 3.63) is 29.6 Å². The first-order chi connectivity index (χ1) is 7.06. The van der Waals surface area contributed by atoms with E-state index in [1.807, 2.05) is 0 Å². The second kappa shape index (κ2) is 4.75. The van der Waals surface area contributed by atoms with Gasteiger partial charge in [0.05, 0.1) is 6.54 Å². The number of nitrogens with two attached hydrogens (primary N) is 2. The number of likely N-dealkylation sites (N-methyl/N-ethyl adjacent to an activating group) is 1. The molecule has 4 nitrogen and oxygen atoms in total. The molecule has 0 unspecified atom stereocenters. The quantitative estimate of drug-likeness (QED) is 0.747. The van der Waals surface area contributed by atoms with Gasteiger partial charge in [0.2, 0.25) is 5.91 Å². The van der Waals surface area contributed by atoms with E-state index in [0.29, 0.717) is 11.3 Å². The first-order valence-electron chi connectivity index (χ1n) is 4.53. The van der Waals surface area contributed by atoms with Gasteiger partial charge in [-0.2, -0.15) is 0 Å². The SMILES string of the molecule is CN(CC(N)=O)c1cccc(F)c1CN. The van der Waals surface area contributed by atoms with E-state index >= 15 is 0 Å². The average molecular weight is 211 g/mol. The van der Waals surface area contributed by atoms with Crippen molar-refractivity contribution in [2.45, 2.75) is 6.54 Å². The van der Waals surface area contributed by atoms with Gasteiger partial charge in [-0.25, -0.2) is 4.39 Å². The lowest BCUT2D eigenvalue weighted by Gasteiger charge is -2.20. The van der Waals surface area contributed by atoms with Crippen molar-refractivity contribution in [2.75, 3.05) is 18.5 Å². The van der Waals surface area contributed by atoms with E-state index in [2.05, 4.69) is 0 Å². The number of anilines is 1. The number of carbonyl (C=O) groups is 1. The molecule has 1 amide bonds. The second-order valence-electron chi connectivity index (χ2n) is 3.26. The minimum absolute atomic E-state index is 0.0381. The number of rotatable bonds is 4. The summed E-state index contributed by atoms with van der Waals surface area (Å²) in [5, 5.41) is 0. The highest BCUT2D eigenvalue weighted by Crippen LogP contribution is 2.21. The summed E-state index contributed by atoms with van der Waals surface area (Å²) in [6.07, 6.45) is 0. The lowest BCUT2D eigenvalue weighted by Crippen LogP contribution is -2.31. The maximum Gasteiger partial charge on any atom is 0.236 e. The van der Waals surface area contributed by atoms with Gasteiger partial charge in [0.25, 0.3) is 0 Å². The van der Waals surface area contributed by atoms with Crippen molar-refractivity contribution in [3.8, 4) is 0 Å². The van der Waals surface area contributed by atoms with Crippen LogP contribution in [0.2, 0.25) is 0 Å². The van der Waals surface area contributed by atoms with E-state index < -0.39 is 5.91 Å². The number of carbonyl (C=O) groups excluding carboxylic acids is 1. The van der Waals surface area contributed by atoms with Crippen molar-refractivity contribution in [1.29, 1.82) is 0 Å². The summed E-state index contributed by atoms with van der Waals surface area (Å²) >= 11 is 0. The van der Waals surface area contributed by atoms with Gasteiger partial charge >= 0.3 is 0 Å². The van der Waals surface area contributed by atoms with Gasteiger partial charge in [-0.3, -0.25) is 4.79 Å². The molecule has 4 N–H and O–H groups in total. The van der Waals surface area contributed by atoms with Crippen LogP contribution >= 0.6 is 0 Å². The predicted octanol–water partition coefficient (Wildman–Crippen LogP) is 0.206. The highest BCUT2D eigenvalue weighted by Gasteiger charge is 2.11. The van der Waals surface area contributed by atoms with Crippen molar-refractivity contribution in [2.24, 2.45) is 11.5 Å². The number of hydrogen-bond acceptors (Lipinski definition) is 3. The molecule has 1 rings (SSSR count). The second-order valence-corrected chi connectivity index (χ2v) is 3.26. The van der Waals surface area contributed by atoms with E-state index in [-0.39, 0.29) is 18.9 Å². The minimum atomic E-state index is -0.468. The molecule has 0 aromatic heterocycles. The predicted molar refractivity (Wildman–Crippen MR) is 56.8 cm³/mol. The largest absolute Gasteiger partial charge is 0.368 e. The molecule has 0 saturated carbocycles. The van der Waals surface area contributed by atoms with E-state index in [9.17, 15) is 9.18 Å². The van der Waals surface area contributed by atoms with Crippen LogP contribution in [0.5, 0.6) is 0 Å². The highest BCUT2D eigenvalue weighted by atomic mass is 19.1. The summed E-state index contributed by atoms with van der Waals surface area (Å²) in [6, 6.07) is 4.61. The number of primary amides is 1. The first kappa shape index (κ1) is 11.5. The summed E-state index contributed by atoms with van der Waals surface area (Å²) in [6.45, 7) is 0.127. The van der Waals surface area contributed by atoms with E-state index in [1.165, 1.54) is 6.07 Å². The average Bonchev–Trinajstić information content (AvgIpc) is 2.16. The Bertz CT molecular complexity index is 368. The van der Waals surface area contributed by atoms with Gasteiger partial charge in [-0.1, -0.05) is 6.07 Å². The summed E-state index contributed by atoms with van der Waals surface area (Å²) in [7, 11) is 1.67. The Labute approximate surface area is 87.7 Å². The molecule has 0 bridgehead atoms. The molecular formula is C10H14FN3O. The zero-order valence-corrected chi connectivity index (χ0v) is 8.53. The number of benzene rings is 1. The Balaban J connectivity index is 3.02. The third-order valence-corrected chi connectivity index (χ3v) is 2.10. The molecular weight excluding hydrogens is 197 g/mol. The smallest absolute Gasteiger partial charge is 0.236 e. The molecule has 0 radical (unpaired) electrons. The van der Waals surface area contributed by atoms with Crippen LogP contribution in [0.1, 0.15) is 5.56 Å².